The molecule has 0 bridgehead atoms. The fourth-order valence-electron chi connectivity index (χ4n) is 1.47. The van der Waals surface area contributed by atoms with Crippen molar-refractivity contribution in [2.45, 2.75) is 6.42 Å². The fourth-order valence-corrected chi connectivity index (χ4v) is 1.89. The molecule has 0 aliphatic carbocycles. The second-order valence-electron chi connectivity index (χ2n) is 4.34. The van der Waals surface area contributed by atoms with E-state index in [9.17, 15) is 4.79 Å². The lowest BCUT2D eigenvalue weighted by molar-refractivity contribution is -0.119. The maximum atomic E-state index is 11.6. The summed E-state index contributed by atoms with van der Waals surface area (Å²) in [6, 6.07) is 7.75. The van der Waals surface area contributed by atoms with Gasteiger partial charge in [0.1, 0.15) is 0 Å². The third-order valence-corrected chi connectivity index (χ3v) is 3.11. The Balaban J connectivity index is 2.19. The van der Waals surface area contributed by atoms with Crippen LogP contribution in [0.1, 0.15) is 6.42 Å². The molecule has 1 aromatic rings. The third kappa shape index (κ3) is 6.02. The topological polar surface area (TPSA) is 44.4 Å². The molecule has 1 aromatic carbocycles. The van der Waals surface area contributed by atoms with Crippen molar-refractivity contribution in [2.75, 3.05) is 39.0 Å². The van der Waals surface area contributed by atoms with Crippen molar-refractivity contribution >= 4 is 27.5 Å². The number of carbonyl (C=O) groups is 1. The maximum Gasteiger partial charge on any atom is 0.239 e. The van der Waals surface area contributed by atoms with Crippen LogP contribution in [0.15, 0.2) is 28.7 Å². The molecule has 0 aliphatic heterocycles. The lowest BCUT2D eigenvalue weighted by atomic mass is 10.3. The van der Waals surface area contributed by atoms with Gasteiger partial charge in [0, 0.05) is 16.7 Å². The number of anilines is 1. The molecule has 100 valence electrons. The summed E-state index contributed by atoms with van der Waals surface area (Å²) in [6.07, 6.45) is 0.966. The monoisotopic (exact) mass is 313 g/mol. The molecular formula is C13H20BrN3O. The van der Waals surface area contributed by atoms with Gasteiger partial charge in [-0.05, 0) is 55.1 Å². The Kier molecular flexibility index (Phi) is 6.75. The molecule has 18 heavy (non-hydrogen) atoms. The average Bonchev–Trinajstić information content (AvgIpc) is 2.33. The molecule has 0 saturated carbocycles. The van der Waals surface area contributed by atoms with Crippen LogP contribution in [0.5, 0.6) is 0 Å². The van der Waals surface area contributed by atoms with Gasteiger partial charge in [-0.25, -0.2) is 0 Å². The van der Waals surface area contributed by atoms with Gasteiger partial charge in [-0.2, -0.15) is 0 Å². The predicted molar refractivity (Wildman–Crippen MR) is 78.8 cm³/mol. The van der Waals surface area contributed by atoms with Gasteiger partial charge in [0.05, 0.1) is 6.54 Å². The highest BCUT2D eigenvalue weighted by molar-refractivity contribution is 9.10. The molecule has 0 aromatic heterocycles. The minimum absolute atomic E-state index is 0.0181. The van der Waals surface area contributed by atoms with E-state index >= 15 is 0 Å². The highest BCUT2D eigenvalue weighted by atomic mass is 79.9. The molecule has 0 unspecified atom stereocenters. The van der Waals surface area contributed by atoms with E-state index in [0.717, 1.165) is 23.1 Å². The Morgan fingerprint density at radius 1 is 1.33 bits per heavy atom. The minimum atomic E-state index is 0.0181. The average molecular weight is 314 g/mol. The molecule has 0 atom stereocenters. The van der Waals surface area contributed by atoms with Gasteiger partial charge in [0.2, 0.25) is 5.91 Å². The standard InChI is InChI=1S/C13H20BrN3O/c1-17(2)9-5-8-15-13(18)10-16-12-7-4-3-6-11(12)14/h3-4,6-7,16H,5,8-10H2,1-2H3,(H,15,18). The number of carbonyl (C=O) groups excluding carboxylic acids is 1. The third-order valence-electron chi connectivity index (χ3n) is 2.42. The first-order chi connectivity index (χ1) is 8.59. The normalized spacial score (nSPS) is 10.4. The molecule has 0 radical (unpaired) electrons. The van der Waals surface area contributed by atoms with E-state index in [0.29, 0.717) is 13.1 Å². The van der Waals surface area contributed by atoms with Crippen molar-refractivity contribution in [3.8, 4) is 0 Å². The van der Waals surface area contributed by atoms with E-state index < -0.39 is 0 Å². The molecule has 5 heteroatoms. The highest BCUT2D eigenvalue weighted by Gasteiger charge is 2.02. The second-order valence-corrected chi connectivity index (χ2v) is 5.19. The number of para-hydroxylation sites is 1. The van der Waals surface area contributed by atoms with Crippen LogP contribution in [-0.2, 0) is 4.79 Å². The minimum Gasteiger partial charge on any atom is -0.375 e. The SMILES string of the molecule is CN(C)CCCNC(=O)CNc1ccccc1Br. The number of nitrogens with one attached hydrogen (secondary N) is 2. The molecule has 4 nitrogen and oxygen atoms in total. The Morgan fingerprint density at radius 2 is 2.06 bits per heavy atom. The molecule has 0 fully saturated rings. The zero-order valence-corrected chi connectivity index (χ0v) is 12.5. The van der Waals surface area contributed by atoms with Crippen LogP contribution in [0.4, 0.5) is 5.69 Å². The summed E-state index contributed by atoms with van der Waals surface area (Å²) in [5.74, 6) is 0.0181. The van der Waals surface area contributed by atoms with Crippen LogP contribution in [0.3, 0.4) is 0 Å². The molecule has 2 N–H and O–H groups in total. The molecule has 0 saturated heterocycles. The van der Waals surface area contributed by atoms with Crippen LogP contribution < -0.4 is 10.6 Å². The molecule has 0 spiro atoms. The maximum absolute atomic E-state index is 11.6. The van der Waals surface area contributed by atoms with Crippen molar-refractivity contribution in [1.29, 1.82) is 0 Å². The Morgan fingerprint density at radius 3 is 2.72 bits per heavy atom. The van der Waals surface area contributed by atoms with Crippen molar-refractivity contribution in [3.63, 3.8) is 0 Å². The lowest BCUT2D eigenvalue weighted by Gasteiger charge is -2.11. The zero-order chi connectivity index (χ0) is 13.4. The van der Waals surface area contributed by atoms with E-state index in [2.05, 4.69) is 31.5 Å². The summed E-state index contributed by atoms with van der Waals surface area (Å²) >= 11 is 3.43. The van der Waals surface area contributed by atoms with Crippen LogP contribution in [0, 0.1) is 0 Å². The van der Waals surface area contributed by atoms with Crippen molar-refractivity contribution in [3.05, 3.63) is 28.7 Å². The van der Waals surface area contributed by atoms with E-state index in [1.54, 1.807) is 0 Å². The summed E-state index contributed by atoms with van der Waals surface area (Å²) in [5.41, 5.74) is 0.931. The molecule has 1 rings (SSSR count). The first kappa shape index (κ1) is 15.0. The number of amides is 1. The van der Waals surface area contributed by atoms with Gasteiger partial charge in [0.25, 0.3) is 0 Å². The van der Waals surface area contributed by atoms with E-state index in [4.69, 9.17) is 0 Å². The quantitative estimate of drug-likeness (QED) is 0.756. The number of rotatable bonds is 7. The van der Waals surface area contributed by atoms with E-state index in [1.165, 1.54) is 0 Å². The summed E-state index contributed by atoms with van der Waals surface area (Å²) < 4.78 is 0.963. The van der Waals surface area contributed by atoms with E-state index in [1.807, 2.05) is 38.4 Å². The summed E-state index contributed by atoms with van der Waals surface area (Å²) in [4.78, 5) is 13.7. The summed E-state index contributed by atoms with van der Waals surface area (Å²) in [7, 11) is 4.05. The first-order valence-corrected chi connectivity index (χ1v) is 6.78. The van der Waals surface area contributed by atoms with Gasteiger partial charge in [0.15, 0.2) is 0 Å². The van der Waals surface area contributed by atoms with Crippen LogP contribution in [0.25, 0.3) is 0 Å². The van der Waals surface area contributed by atoms with Crippen LogP contribution in [-0.4, -0.2) is 44.5 Å². The van der Waals surface area contributed by atoms with Crippen LogP contribution in [0.2, 0.25) is 0 Å². The number of hydrogen-bond acceptors (Lipinski definition) is 3. The molecule has 0 heterocycles. The van der Waals surface area contributed by atoms with Crippen LogP contribution >= 0.6 is 15.9 Å². The van der Waals surface area contributed by atoms with Gasteiger partial charge < -0.3 is 15.5 Å². The van der Waals surface area contributed by atoms with Crippen molar-refractivity contribution in [2.24, 2.45) is 0 Å². The van der Waals surface area contributed by atoms with Crippen molar-refractivity contribution in [1.82, 2.24) is 10.2 Å². The molecular weight excluding hydrogens is 294 g/mol. The number of nitrogens with zero attached hydrogens (tertiary/aromatic N) is 1. The number of benzene rings is 1. The van der Waals surface area contributed by atoms with E-state index in [-0.39, 0.29) is 5.91 Å². The highest BCUT2D eigenvalue weighted by Crippen LogP contribution is 2.20. The Labute approximate surface area is 117 Å². The van der Waals surface area contributed by atoms with Gasteiger partial charge in [-0.3, -0.25) is 4.79 Å². The Bertz CT molecular complexity index is 382. The zero-order valence-electron chi connectivity index (χ0n) is 10.9. The smallest absolute Gasteiger partial charge is 0.239 e. The summed E-state index contributed by atoms with van der Waals surface area (Å²) in [6.45, 7) is 2.00. The molecule has 1 amide bonds. The largest absolute Gasteiger partial charge is 0.375 e. The number of halogens is 1. The van der Waals surface area contributed by atoms with Gasteiger partial charge in [-0.15, -0.1) is 0 Å². The fraction of sp³-hybridized carbons (Fsp3) is 0.462. The molecule has 0 aliphatic rings. The van der Waals surface area contributed by atoms with Gasteiger partial charge in [-0.1, -0.05) is 12.1 Å². The summed E-state index contributed by atoms with van der Waals surface area (Å²) in [5, 5.41) is 5.98. The number of hydrogen-bond donors (Lipinski definition) is 2. The van der Waals surface area contributed by atoms with Crippen molar-refractivity contribution < 1.29 is 4.79 Å². The first-order valence-electron chi connectivity index (χ1n) is 5.99. The van der Waals surface area contributed by atoms with Gasteiger partial charge >= 0.3 is 0 Å². The Hall–Kier alpha value is -1.07. The lowest BCUT2D eigenvalue weighted by Crippen LogP contribution is -2.32. The second kappa shape index (κ2) is 8.11. The predicted octanol–water partition coefficient (Wildman–Crippen LogP) is 1.93.